The number of nitrogens with one attached hydrogen (secondary N) is 1. The Bertz CT molecular complexity index is 523. The van der Waals surface area contributed by atoms with Crippen LogP contribution in [0.25, 0.3) is 0 Å². The van der Waals surface area contributed by atoms with E-state index in [1.165, 1.54) is 22.6 Å². The molecule has 0 spiro atoms. The Hall–Kier alpha value is -0.870. The van der Waals surface area contributed by atoms with E-state index in [1.807, 2.05) is 0 Å². The van der Waals surface area contributed by atoms with Crippen molar-refractivity contribution in [3.63, 3.8) is 0 Å². The van der Waals surface area contributed by atoms with Gasteiger partial charge in [-0.1, -0.05) is 20.3 Å². The highest BCUT2D eigenvalue weighted by Gasteiger charge is 2.47. The molecule has 1 amide bonds. The molecule has 0 radical (unpaired) electrons. The van der Waals surface area contributed by atoms with E-state index in [4.69, 9.17) is 0 Å². The largest absolute Gasteiger partial charge is 0.318 e. The lowest BCUT2D eigenvalue weighted by atomic mass is 9.99. The number of amides is 1. The molecule has 2 heterocycles. The van der Waals surface area contributed by atoms with Gasteiger partial charge in [-0.15, -0.1) is 11.3 Å². The fraction of sp³-hybridized carbons (Fsp3) is 0.706. The standard InChI is InChI=1S/C17H26N2OS/c1-5-10(2)15-17(20)19(12(4)13-7-8-13)16(18-15)14-9-6-11(3)21-14/h6,9-10,12-13,15-16,18H,5,7-8H2,1-4H3. The summed E-state index contributed by atoms with van der Waals surface area (Å²) in [5, 5.41) is 3.62. The SMILES string of the molecule is CCC(C)C1NC(c2ccc(C)s2)N(C(C)C2CC2)C1=O. The fourth-order valence-electron chi connectivity index (χ4n) is 3.31. The van der Waals surface area contributed by atoms with Gasteiger partial charge >= 0.3 is 0 Å². The predicted octanol–water partition coefficient (Wildman–Crippen LogP) is 3.70. The minimum Gasteiger partial charge on any atom is -0.318 e. The van der Waals surface area contributed by atoms with Crippen molar-refractivity contribution in [3.8, 4) is 0 Å². The van der Waals surface area contributed by atoms with Crippen molar-refractivity contribution in [2.45, 2.75) is 65.2 Å². The molecule has 116 valence electrons. The van der Waals surface area contributed by atoms with Crippen LogP contribution in [0, 0.1) is 18.8 Å². The summed E-state index contributed by atoms with van der Waals surface area (Å²) < 4.78 is 0. The van der Waals surface area contributed by atoms with E-state index in [0.29, 0.717) is 23.8 Å². The lowest BCUT2D eigenvalue weighted by molar-refractivity contribution is -0.133. The number of carbonyl (C=O) groups is 1. The van der Waals surface area contributed by atoms with Crippen LogP contribution >= 0.6 is 11.3 Å². The van der Waals surface area contributed by atoms with Crippen LogP contribution in [0.1, 0.15) is 56.0 Å². The molecule has 1 saturated heterocycles. The van der Waals surface area contributed by atoms with Crippen molar-refractivity contribution in [2.24, 2.45) is 11.8 Å². The Morgan fingerprint density at radius 1 is 1.38 bits per heavy atom. The smallest absolute Gasteiger partial charge is 0.241 e. The van der Waals surface area contributed by atoms with Gasteiger partial charge in [0.25, 0.3) is 0 Å². The average Bonchev–Trinajstić information content (AvgIpc) is 3.15. The van der Waals surface area contributed by atoms with Gasteiger partial charge in [0.15, 0.2) is 0 Å². The first-order chi connectivity index (χ1) is 10.0. The molecule has 3 nitrogen and oxygen atoms in total. The van der Waals surface area contributed by atoms with E-state index >= 15 is 0 Å². The molecule has 1 saturated carbocycles. The highest BCUT2D eigenvalue weighted by atomic mass is 32.1. The number of rotatable bonds is 5. The summed E-state index contributed by atoms with van der Waals surface area (Å²) in [5.74, 6) is 1.40. The molecule has 1 N–H and O–H groups in total. The molecule has 1 aromatic rings. The second kappa shape index (κ2) is 5.73. The maximum atomic E-state index is 12.9. The third kappa shape index (κ3) is 2.76. The Morgan fingerprint density at radius 2 is 2.10 bits per heavy atom. The lowest BCUT2D eigenvalue weighted by Crippen LogP contribution is -2.40. The second-order valence-electron chi connectivity index (χ2n) is 6.70. The number of hydrogen-bond donors (Lipinski definition) is 1. The van der Waals surface area contributed by atoms with Crippen molar-refractivity contribution in [3.05, 3.63) is 21.9 Å². The zero-order valence-corrected chi connectivity index (χ0v) is 14.2. The third-order valence-corrected chi connectivity index (χ3v) is 6.18. The first-order valence-corrected chi connectivity index (χ1v) is 8.99. The van der Waals surface area contributed by atoms with Gasteiger partial charge in [-0.2, -0.15) is 0 Å². The van der Waals surface area contributed by atoms with Crippen LogP contribution < -0.4 is 5.32 Å². The minimum atomic E-state index is -0.0244. The molecule has 0 aromatic carbocycles. The van der Waals surface area contributed by atoms with Gasteiger partial charge in [0.05, 0.1) is 6.04 Å². The summed E-state index contributed by atoms with van der Waals surface area (Å²) in [5.41, 5.74) is 0. The molecule has 3 rings (SSSR count). The summed E-state index contributed by atoms with van der Waals surface area (Å²) in [4.78, 5) is 17.7. The normalized spacial score (nSPS) is 29.0. The lowest BCUT2D eigenvalue weighted by Gasteiger charge is -2.30. The molecule has 2 aliphatic rings. The molecule has 0 bridgehead atoms. The molecule has 1 aliphatic carbocycles. The Balaban J connectivity index is 1.89. The second-order valence-corrected chi connectivity index (χ2v) is 8.02. The molecule has 21 heavy (non-hydrogen) atoms. The highest BCUT2D eigenvalue weighted by molar-refractivity contribution is 7.12. The van der Waals surface area contributed by atoms with Crippen molar-refractivity contribution < 1.29 is 4.79 Å². The van der Waals surface area contributed by atoms with Gasteiger partial charge in [0.1, 0.15) is 6.17 Å². The molecule has 4 heteroatoms. The number of aryl methyl sites for hydroxylation is 1. The van der Waals surface area contributed by atoms with Crippen LogP contribution in [0.4, 0.5) is 0 Å². The average molecular weight is 306 g/mol. The van der Waals surface area contributed by atoms with E-state index < -0.39 is 0 Å². The van der Waals surface area contributed by atoms with Crippen LogP contribution in [-0.4, -0.2) is 22.9 Å². The van der Waals surface area contributed by atoms with E-state index in [0.717, 1.165) is 6.42 Å². The van der Waals surface area contributed by atoms with Gasteiger partial charge in [-0.3, -0.25) is 10.1 Å². The van der Waals surface area contributed by atoms with Crippen LogP contribution in [0.15, 0.2) is 12.1 Å². The van der Waals surface area contributed by atoms with Gasteiger partial charge < -0.3 is 4.90 Å². The first kappa shape index (κ1) is 15.0. The van der Waals surface area contributed by atoms with Crippen LogP contribution in [0.2, 0.25) is 0 Å². The summed E-state index contributed by atoms with van der Waals surface area (Å²) in [6, 6.07) is 4.66. The Labute approximate surface area is 131 Å². The van der Waals surface area contributed by atoms with Gasteiger partial charge in [-0.05, 0) is 50.7 Å². The van der Waals surface area contributed by atoms with Gasteiger partial charge in [-0.25, -0.2) is 0 Å². The van der Waals surface area contributed by atoms with Crippen LogP contribution in [0.3, 0.4) is 0 Å². The number of thiophene rings is 1. The first-order valence-electron chi connectivity index (χ1n) is 8.17. The van der Waals surface area contributed by atoms with Crippen molar-refractivity contribution >= 4 is 17.2 Å². The maximum absolute atomic E-state index is 12.9. The summed E-state index contributed by atoms with van der Waals surface area (Å²) >= 11 is 1.81. The quantitative estimate of drug-likeness (QED) is 0.899. The van der Waals surface area contributed by atoms with Crippen molar-refractivity contribution in [1.82, 2.24) is 10.2 Å². The molecular weight excluding hydrogens is 280 g/mol. The molecule has 1 aliphatic heterocycles. The monoisotopic (exact) mass is 306 g/mol. The number of hydrogen-bond acceptors (Lipinski definition) is 3. The zero-order valence-electron chi connectivity index (χ0n) is 13.4. The van der Waals surface area contributed by atoms with Crippen molar-refractivity contribution in [1.29, 1.82) is 0 Å². The minimum absolute atomic E-state index is 0.0244. The maximum Gasteiger partial charge on any atom is 0.241 e. The number of nitrogens with zero attached hydrogens (tertiary/aromatic N) is 1. The molecule has 4 unspecified atom stereocenters. The van der Waals surface area contributed by atoms with E-state index in [1.54, 1.807) is 11.3 Å². The summed E-state index contributed by atoms with van der Waals surface area (Å²) in [6.07, 6.45) is 3.65. The zero-order chi connectivity index (χ0) is 15.1. The Kier molecular flexibility index (Phi) is 4.10. The third-order valence-electron chi connectivity index (χ3n) is 5.12. The molecule has 1 aromatic heterocycles. The van der Waals surface area contributed by atoms with Crippen molar-refractivity contribution in [2.75, 3.05) is 0 Å². The molecular formula is C17H26N2OS. The van der Waals surface area contributed by atoms with E-state index in [9.17, 15) is 4.79 Å². The fourth-order valence-corrected chi connectivity index (χ4v) is 4.25. The highest BCUT2D eigenvalue weighted by Crippen LogP contribution is 2.41. The van der Waals surface area contributed by atoms with Crippen LogP contribution in [0.5, 0.6) is 0 Å². The van der Waals surface area contributed by atoms with E-state index in [2.05, 4.69) is 50.0 Å². The molecule has 2 fully saturated rings. The molecule has 4 atom stereocenters. The summed E-state index contributed by atoms with van der Waals surface area (Å²) in [6.45, 7) is 8.70. The van der Waals surface area contributed by atoms with Crippen LogP contribution in [-0.2, 0) is 4.79 Å². The number of carbonyl (C=O) groups excluding carboxylic acids is 1. The topological polar surface area (TPSA) is 32.3 Å². The van der Waals surface area contributed by atoms with Gasteiger partial charge in [0, 0.05) is 15.8 Å². The van der Waals surface area contributed by atoms with Gasteiger partial charge in [0.2, 0.25) is 5.91 Å². The predicted molar refractivity (Wildman–Crippen MR) is 87.2 cm³/mol. The Morgan fingerprint density at radius 3 is 2.62 bits per heavy atom. The van der Waals surface area contributed by atoms with E-state index in [-0.39, 0.29) is 12.2 Å². The summed E-state index contributed by atoms with van der Waals surface area (Å²) in [7, 11) is 0.